The molecule has 0 bridgehead atoms. The maximum Gasteiger partial charge on any atom is 0.294 e. The largest absolute Gasteiger partial charge is 0.345 e. The Kier molecular flexibility index (Phi) is 5.80. The topological polar surface area (TPSA) is 80.2 Å². The van der Waals surface area contributed by atoms with Crippen LogP contribution in [0.5, 0.6) is 0 Å². The molecule has 29 heavy (non-hydrogen) atoms. The van der Waals surface area contributed by atoms with Crippen LogP contribution in [-0.2, 0) is 17.8 Å². The van der Waals surface area contributed by atoms with Crippen LogP contribution >= 0.6 is 11.6 Å². The maximum atomic E-state index is 13.6. The molecule has 0 radical (unpaired) electrons. The molecule has 1 aliphatic rings. The third kappa shape index (κ3) is 4.85. The monoisotopic (exact) mass is 419 g/mol. The van der Waals surface area contributed by atoms with Crippen molar-refractivity contribution in [3.8, 4) is 0 Å². The van der Waals surface area contributed by atoms with Crippen LogP contribution in [0.2, 0.25) is 5.02 Å². The quantitative estimate of drug-likeness (QED) is 0.581. The maximum absolute atomic E-state index is 13.6. The first-order valence-electron chi connectivity index (χ1n) is 9.42. The van der Waals surface area contributed by atoms with Gasteiger partial charge in [0.1, 0.15) is 5.82 Å². The zero-order chi connectivity index (χ0) is 21.3. The van der Waals surface area contributed by atoms with Crippen LogP contribution in [0, 0.1) is 5.82 Å². The number of hydrogen-bond donors (Lipinski definition) is 2. The average molecular weight is 420 g/mol. The fourth-order valence-corrected chi connectivity index (χ4v) is 3.62. The Labute approximate surface area is 173 Å². The SMILES string of the molecule is CC(C)(C)NC(=O)C(=O)c1cc(C(=O)Nc2cc(F)cc(Cl)c2)c2n1CCCC2. The molecule has 154 valence electrons. The number of nitrogens with zero attached hydrogens (tertiary/aromatic N) is 1. The second-order valence-corrected chi connectivity index (χ2v) is 8.58. The lowest BCUT2D eigenvalue weighted by molar-refractivity contribution is -0.118. The average Bonchev–Trinajstić information content (AvgIpc) is 2.98. The second kappa shape index (κ2) is 7.99. The molecule has 3 rings (SSSR count). The predicted octanol–water partition coefficient (Wildman–Crippen LogP) is 3.97. The number of ketones is 1. The normalized spacial score (nSPS) is 13.6. The predicted molar refractivity (Wildman–Crippen MR) is 109 cm³/mol. The van der Waals surface area contributed by atoms with E-state index >= 15 is 0 Å². The van der Waals surface area contributed by atoms with Crippen molar-refractivity contribution in [1.82, 2.24) is 9.88 Å². The number of halogens is 2. The fourth-order valence-electron chi connectivity index (χ4n) is 3.40. The highest BCUT2D eigenvalue weighted by Crippen LogP contribution is 2.26. The number of nitrogens with one attached hydrogen (secondary N) is 2. The van der Waals surface area contributed by atoms with E-state index in [4.69, 9.17) is 11.6 Å². The van der Waals surface area contributed by atoms with Crippen molar-refractivity contribution in [1.29, 1.82) is 0 Å². The van der Waals surface area contributed by atoms with Crippen molar-refractivity contribution in [2.75, 3.05) is 5.32 Å². The molecule has 0 saturated carbocycles. The van der Waals surface area contributed by atoms with E-state index in [1.54, 1.807) is 25.3 Å². The number of fused-ring (bicyclic) bond motifs is 1. The number of carbonyl (C=O) groups is 3. The van der Waals surface area contributed by atoms with Crippen molar-refractivity contribution >= 4 is 34.9 Å². The van der Waals surface area contributed by atoms with Gasteiger partial charge in [-0.05, 0) is 64.3 Å². The molecular formula is C21H23ClFN3O3. The summed E-state index contributed by atoms with van der Waals surface area (Å²) in [6.07, 6.45) is 2.34. The highest BCUT2D eigenvalue weighted by atomic mass is 35.5. The molecule has 0 aliphatic carbocycles. The van der Waals surface area contributed by atoms with Gasteiger partial charge in [-0.3, -0.25) is 14.4 Å². The van der Waals surface area contributed by atoms with Crippen LogP contribution in [0.4, 0.5) is 10.1 Å². The molecule has 0 unspecified atom stereocenters. The van der Waals surface area contributed by atoms with Gasteiger partial charge in [-0.1, -0.05) is 11.6 Å². The summed E-state index contributed by atoms with van der Waals surface area (Å²) in [7, 11) is 0. The Hall–Kier alpha value is -2.67. The first-order chi connectivity index (χ1) is 13.5. The van der Waals surface area contributed by atoms with Crippen LogP contribution in [0.1, 0.15) is 60.2 Å². The van der Waals surface area contributed by atoms with Gasteiger partial charge in [0.2, 0.25) is 0 Å². The summed E-state index contributed by atoms with van der Waals surface area (Å²) in [6.45, 7) is 5.91. The second-order valence-electron chi connectivity index (χ2n) is 8.14. The van der Waals surface area contributed by atoms with Crippen molar-refractivity contribution in [2.24, 2.45) is 0 Å². The Morgan fingerprint density at radius 3 is 2.48 bits per heavy atom. The number of amides is 2. The van der Waals surface area contributed by atoms with Crippen LogP contribution < -0.4 is 10.6 Å². The number of carbonyl (C=O) groups excluding carboxylic acids is 3. The third-order valence-corrected chi connectivity index (χ3v) is 4.76. The fraction of sp³-hybridized carbons (Fsp3) is 0.381. The Balaban J connectivity index is 1.93. The molecule has 8 heteroatoms. The van der Waals surface area contributed by atoms with Crippen molar-refractivity contribution in [2.45, 2.75) is 52.1 Å². The molecule has 2 heterocycles. The van der Waals surface area contributed by atoms with Gasteiger partial charge in [0.05, 0.1) is 11.3 Å². The van der Waals surface area contributed by atoms with Gasteiger partial charge in [-0.15, -0.1) is 0 Å². The Morgan fingerprint density at radius 2 is 1.83 bits per heavy atom. The molecule has 0 saturated heterocycles. The summed E-state index contributed by atoms with van der Waals surface area (Å²) in [5, 5.41) is 5.44. The first-order valence-corrected chi connectivity index (χ1v) is 9.79. The molecule has 0 spiro atoms. The summed E-state index contributed by atoms with van der Waals surface area (Å²) >= 11 is 5.84. The molecule has 1 aliphatic heterocycles. The van der Waals surface area contributed by atoms with Crippen molar-refractivity contribution in [3.63, 3.8) is 0 Å². The Bertz CT molecular complexity index is 972. The number of benzene rings is 1. The molecule has 2 amide bonds. The zero-order valence-corrected chi connectivity index (χ0v) is 17.3. The first kappa shape index (κ1) is 21.0. The van der Waals surface area contributed by atoms with Gasteiger partial charge in [-0.2, -0.15) is 0 Å². The van der Waals surface area contributed by atoms with E-state index in [9.17, 15) is 18.8 Å². The zero-order valence-electron chi connectivity index (χ0n) is 16.6. The molecule has 0 fully saturated rings. The molecule has 0 atom stereocenters. The summed E-state index contributed by atoms with van der Waals surface area (Å²) in [5.74, 6) is -2.45. The minimum Gasteiger partial charge on any atom is -0.345 e. The van der Waals surface area contributed by atoms with Crippen LogP contribution in [-0.4, -0.2) is 27.7 Å². The van der Waals surface area contributed by atoms with Gasteiger partial charge in [0.25, 0.3) is 17.6 Å². The van der Waals surface area contributed by atoms with Crippen LogP contribution in [0.25, 0.3) is 0 Å². The van der Waals surface area contributed by atoms with Crippen LogP contribution in [0.3, 0.4) is 0 Å². The van der Waals surface area contributed by atoms with E-state index in [0.29, 0.717) is 24.2 Å². The number of aromatic nitrogens is 1. The number of hydrogen-bond acceptors (Lipinski definition) is 3. The molecular weight excluding hydrogens is 397 g/mol. The van der Waals surface area contributed by atoms with Gasteiger partial charge < -0.3 is 15.2 Å². The van der Waals surface area contributed by atoms with Crippen molar-refractivity contribution in [3.05, 3.63) is 52.1 Å². The highest BCUT2D eigenvalue weighted by molar-refractivity contribution is 6.42. The number of Topliss-reactive ketones (excluding diaryl/α,β-unsaturated/α-hetero) is 1. The van der Waals surface area contributed by atoms with Crippen molar-refractivity contribution < 1.29 is 18.8 Å². The standard InChI is InChI=1S/C21H23ClFN3O3/c1-21(2,3)25-20(29)18(27)17-11-15(16-6-4-5-7-26(16)17)19(28)24-14-9-12(22)8-13(23)10-14/h8-11H,4-7H2,1-3H3,(H,24,28)(H,25,29). The molecule has 6 nitrogen and oxygen atoms in total. The smallest absolute Gasteiger partial charge is 0.294 e. The summed E-state index contributed by atoms with van der Waals surface area (Å²) in [4.78, 5) is 37.9. The number of anilines is 1. The summed E-state index contributed by atoms with van der Waals surface area (Å²) in [6, 6.07) is 5.19. The molecule has 1 aromatic heterocycles. The molecule has 1 aromatic carbocycles. The van der Waals surface area contributed by atoms with Gasteiger partial charge in [-0.25, -0.2) is 4.39 Å². The Morgan fingerprint density at radius 1 is 1.10 bits per heavy atom. The molecule has 2 aromatic rings. The van der Waals surface area contributed by atoms with Gasteiger partial charge in [0, 0.05) is 28.5 Å². The van der Waals surface area contributed by atoms with E-state index in [-0.39, 0.29) is 16.4 Å². The number of rotatable bonds is 4. The van der Waals surface area contributed by atoms with E-state index < -0.39 is 29.0 Å². The van der Waals surface area contributed by atoms with Crippen LogP contribution in [0.15, 0.2) is 24.3 Å². The lowest BCUT2D eigenvalue weighted by Crippen LogP contribution is -2.44. The minimum absolute atomic E-state index is 0.161. The van der Waals surface area contributed by atoms with E-state index in [1.807, 2.05) is 0 Å². The highest BCUT2D eigenvalue weighted by Gasteiger charge is 2.30. The van der Waals surface area contributed by atoms with Gasteiger partial charge >= 0.3 is 0 Å². The lowest BCUT2D eigenvalue weighted by Gasteiger charge is -2.21. The lowest BCUT2D eigenvalue weighted by atomic mass is 10.1. The molecule has 2 N–H and O–H groups in total. The minimum atomic E-state index is -0.716. The third-order valence-electron chi connectivity index (χ3n) is 4.55. The van der Waals surface area contributed by atoms with E-state index in [1.165, 1.54) is 12.1 Å². The van der Waals surface area contributed by atoms with Gasteiger partial charge in [0.15, 0.2) is 0 Å². The summed E-state index contributed by atoms with van der Waals surface area (Å²) < 4.78 is 15.3. The van der Waals surface area contributed by atoms with E-state index in [0.717, 1.165) is 25.0 Å². The summed E-state index contributed by atoms with van der Waals surface area (Å²) in [5.41, 5.74) is 0.846. The van der Waals surface area contributed by atoms with E-state index in [2.05, 4.69) is 10.6 Å².